The van der Waals surface area contributed by atoms with E-state index < -0.39 is 46.9 Å². The third kappa shape index (κ3) is 11.5. The van der Waals surface area contributed by atoms with Crippen molar-refractivity contribution in [1.29, 1.82) is 0 Å². The molecule has 4 N–H and O–H groups in total. The van der Waals surface area contributed by atoms with Crippen LogP contribution in [-0.2, 0) is 19.1 Å². The molecule has 33 heavy (non-hydrogen) atoms. The summed E-state index contributed by atoms with van der Waals surface area (Å²) in [6.07, 6.45) is -0.430. The molecule has 12 heteroatoms. The van der Waals surface area contributed by atoms with E-state index in [0.717, 1.165) is 0 Å². The summed E-state index contributed by atoms with van der Waals surface area (Å²) < 4.78 is 5.01. The minimum Gasteiger partial charge on any atom is -0.444 e. The molecule has 0 aliphatic rings. The molecular formula is C21H31N5O7. The van der Waals surface area contributed by atoms with Crippen LogP contribution in [0.5, 0.6) is 0 Å². The maximum atomic E-state index is 12.6. The van der Waals surface area contributed by atoms with E-state index >= 15 is 0 Å². The Morgan fingerprint density at radius 3 is 2.09 bits per heavy atom. The van der Waals surface area contributed by atoms with Crippen molar-refractivity contribution in [3.05, 3.63) is 34.4 Å². The van der Waals surface area contributed by atoms with E-state index in [4.69, 9.17) is 4.74 Å². The van der Waals surface area contributed by atoms with Crippen molar-refractivity contribution in [3.63, 3.8) is 0 Å². The number of nitro groups is 1. The summed E-state index contributed by atoms with van der Waals surface area (Å²) in [6, 6.07) is 4.41. The van der Waals surface area contributed by atoms with Gasteiger partial charge in [0.2, 0.25) is 17.7 Å². The summed E-state index contributed by atoms with van der Waals surface area (Å²) in [5, 5.41) is 20.5. The summed E-state index contributed by atoms with van der Waals surface area (Å²) in [7, 11) is 0. The lowest BCUT2D eigenvalue weighted by Gasteiger charge is -2.20. The first-order valence-electron chi connectivity index (χ1n) is 10.3. The third-order valence-corrected chi connectivity index (χ3v) is 3.94. The van der Waals surface area contributed by atoms with Crippen LogP contribution in [0.4, 0.5) is 16.2 Å². The van der Waals surface area contributed by atoms with Crippen molar-refractivity contribution in [2.24, 2.45) is 5.92 Å². The van der Waals surface area contributed by atoms with Gasteiger partial charge < -0.3 is 26.0 Å². The predicted molar refractivity (Wildman–Crippen MR) is 120 cm³/mol. The van der Waals surface area contributed by atoms with E-state index in [1.165, 1.54) is 24.3 Å². The van der Waals surface area contributed by atoms with Crippen LogP contribution in [0, 0.1) is 16.0 Å². The monoisotopic (exact) mass is 465 g/mol. The highest BCUT2D eigenvalue weighted by molar-refractivity contribution is 5.98. The Morgan fingerprint density at radius 1 is 1.00 bits per heavy atom. The normalized spacial score (nSPS) is 11.8. The number of nitrogens with one attached hydrogen (secondary N) is 4. The molecule has 0 saturated carbocycles. The van der Waals surface area contributed by atoms with Crippen molar-refractivity contribution in [2.45, 2.75) is 52.7 Å². The number of alkyl carbamates (subject to hydrolysis) is 1. The largest absolute Gasteiger partial charge is 0.444 e. The number of ether oxygens (including phenoxy) is 1. The van der Waals surface area contributed by atoms with Crippen LogP contribution in [0.25, 0.3) is 0 Å². The van der Waals surface area contributed by atoms with Gasteiger partial charge in [-0.15, -0.1) is 0 Å². The zero-order chi connectivity index (χ0) is 25.2. The summed E-state index contributed by atoms with van der Waals surface area (Å²) in [4.78, 5) is 58.5. The smallest absolute Gasteiger partial charge is 0.408 e. The second kappa shape index (κ2) is 12.4. The molecule has 0 aromatic heterocycles. The first-order valence-corrected chi connectivity index (χ1v) is 10.3. The Kier molecular flexibility index (Phi) is 10.2. The Morgan fingerprint density at radius 2 is 1.58 bits per heavy atom. The van der Waals surface area contributed by atoms with Crippen molar-refractivity contribution >= 4 is 35.2 Å². The predicted octanol–water partition coefficient (Wildman–Crippen LogP) is 1.71. The van der Waals surface area contributed by atoms with Crippen LogP contribution in [0.3, 0.4) is 0 Å². The van der Waals surface area contributed by atoms with Gasteiger partial charge in [0.05, 0.1) is 11.5 Å². The summed E-state index contributed by atoms with van der Waals surface area (Å²) >= 11 is 0. The van der Waals surface area contributed by atoms with Crippen LogP contribution >= 0.6 is 0 Å². The number of non-ortho nitro benzene ring substituents is 1. The van der Waals surface area contributed by atoms with Gasteiger partial charge in [-0.1, -0.05) is 13.8 Å². The average Bonchev–Trinajstić information content (AvgIpc) is 2.69. The fraction of sp³-hybridized carbons (Fsp3) is 0.524. The van der Waals surface area contributed by atoms with Gasteiger partial charge in [-0.3, -0.25) is 24.5 Å². The maximum Gasteiger partial charge on any atom is 0.408 e. The molecule has 4 amide bonds. The Balaban J connectivity index is 2.57. The first-order chi connectivity index (χ1) is 15.3. The number of anilines is 1. The molecule has 0 aliphatic heterocycles. The van der Waals surface area contributed by atoms with Gasteiger partial charge >= 0.3 is 6.09 Å². The highest BCUT2D eigenvalue weighted by atomic mass is 16.6. The number of hydrogen-bond acceptors (Lipinski definition) is 7. The van der Waals surface area contributed by atoms with Crippen LogP contribution in [0.1, 0.15) is 41.0 Å². The molecule has 0 bridgehead atoms. The third-order valence-electron chi connectivity index (χ3n) is 3.94. The van der Waals surface area contributed by atoms with Gasteiger partial charge in [-0.05, 0) is 45.2 Å². The summed E-state index contributed by atoms with van der Waals surface area (Å²) in [5.41, 5.74) is -0.479. The first kappa shape index (κ1) is 27.3. The molecule has 0 unspecified atom stereocenters. The number of rotatable bonds is 10. The number of nitro benzene ring substituents is 1. The Hall–Kier alpha value is -3.70. The summed E-state index contributed by atoms with van der Waals surface area (Å²) in [5.74, 6) is -1.62. The molecule has 1 aromatic carbocycles. The number of carbonyl (C=O) groups is 4. The molecule has 0 aliphatic carbocycles. The van der Waals surface area contributed by atoms with Gasteiger partial charge in [-0.2, -0.15) is 0 Å². The minimum absolute atomic E-state index is 0.0746. The Labute approximate surface area is 192 Å². The number of carbonyl (C=O) groups excluding carboxylic acids is 4. The molecule has 0 radical (unpaired) electrons. The summed E-state index contributed by atoms with van der Waals surface area (Å²) in [6.45, 7) is 8.03. The molecule has 12 nitrogen and oxygen atoms in total. The zero-order valence-electron chi connectivity index (χ0n) is 19.4. The lowest BCUT2D eigenvalue weighted by Crippen LogP contribution is -2.49. The van der Waals surface area contributed by atoms with Crippen molar-refractivity contribution in [3.8, 4) is 0 Å². The Bertz CT molecular complexity index is 863. The second-order valence-electron chi connectivity index (χ2n) is 8.68. The number of amides is 4. The molecule has 182 valence electrons. The quantitative estimate of drug-likeness (QED) is 0.301. The minimum atomic E-state index is -0.885. The topological polar surface area (TPSA) is 169 Å². The second-order valence-corrected chi connectivity index (χ2v) is 8.68. The van der Waals surface area contributed by atoms with Gasteiger partial charge in [0.25, 0.3) is 5.69 Å². The highest BCUT2D eigenvalue weighted by Gasteiger charge is 2.23. The standard InChI is InChI=1S/C21H31N5O7/c1-13(2)10-16(19(29)24-14-6-8-15(9-7-14)26(31)32)25-18(28)12-22-17(27)11-23-20(30)33-21(3,4)5/h6-9,13,16H,10-12H2,1-5H3,(H,22,27)(H,23,30)(H,24,29)(H,25,28)/t16-/m0/s1. The lowest BCUT2D eigenvalue weighted by molar-refractivity contribution is -0.384. The molecule has 0 saturated heterocycles. The SMILES string of the molecule is CC(C)C[C@H](NC(=O)CNC(=O)CNC(=O)OC(C)(C)C)C(=O)Nc1ccc([N+](=O)[O-])cc1. The molecule has 0 heterocycles. The van der Waals surface area contributed by atoms with Gasteiger partial charge in [0.15, 0.2) is 0 Å². The fourth-order valence-electron chi connectivity index (χ4n) is 2.55. The number of hydrogen-bond donors (Lipinski definition) is 4. The molecular weight excluding hydrogens is 434 g/mol. The van der Waals surface area contributed by atoms with Gasteiger partial charge in [-0.25, -0.2) is 4.79 Å². The van der Waals surface area contributed by atoms with E-state index in [1.807, 2.05) is 13.8 Å². The van der Waals surface area contributed by atoms with E-state index in [1.54, 1.807) is 20.8 Å². The fourth-order valence-corrected chi connectivity index (χ4v) is 2.55. The maximum absolute atomic E-state index is 12.6. The van der Waals surface area contributed by atoms with Crippen LogP contribution < -0.4 is 21.3 Å². The number of benzene rings is 1. The van der Waals surface area contributed by atoms with Crippen molar-refractivity contribution in [1.82, 2.24) is 16.0 Å². The van der Waals surface area contributed by atoms with Crippen molar-refractivity contribution < 1.29 is 28.8 Å². The van der Waals surface area contributed by atoms with E-state index in [0.29, 0.717) is 12.1 Å². The highest BCUT2D eigenvalue weighted by Crippen LogP contribution is 2.16. The van der Waals surface area contributed by atoms with Gasteiger partial charge in [0, 0.05) is 17.8 Å². The van der Waals surface area contributed by atoms with E-state index in [2.05, 4.69) is 21.3 Å². The van der Waals surface area contributed by atoms with Crippen LogP contribution in [0.15, 0.2) is 24.3 Å². The molecule has 0 spiro atoms. The number of nitrogens with zero attached hydrogens (tertiary/aromatic N) is 1. The van der Waals surface area contributed by atoms with E-state index in [9.17, 15) is 29.3 Å². The lowest BCUT2D eigenvalue weighted by atomic mass is 10.0. The van der Waals surface area contributed by atoms with Crippen molar-refractivity contribution in [2.75, 3.05) is 18.4 Å². The zero-order valence-corrected chi connectivity index (χ0v) is 19.4. The van der Waals surface area contributed by atoms with Crippen LogP contribution in [0.2, 0.25) is 0 Å². The van der Waals surface area contributed by atoms with E-state index in [-0.39, 0.29) is 18.2 Å². The molecule has 1 rings (SSSR count). The molecule has 0 fully saturated rings. The van der Waals surface area contributed by atoms with Gasteiger partial charge in [0.1, 0.15) is 18.2 Å². The average molecular weight is 466 g/mol. The molecule has 1 aromatic rings. The van der Waals surface area contributed by atoms with Crippen LogP contribution in [-0.4, -0.2) is 53.5 Å². The molecule has 1 atom stereocenters.